The summed E-state index contributed by atoms with van der Waals surface area (Å²) in [5.41, 5.74) is 0. The van der Waals surface area contributed by atoms with Gasteiger partial charge in [-0.1, -0.05) is 13.3 Å². The van der Waals surface area contributed by atoms with Crippen molar-refractivity contribution < 1.29 is 0 Å². The molecule has 2 heterocycles. The van der Waals surface area contributed by atoms with E-state index < -0.39 is 0 Å². The van der Waals surface area contributed by atoms with Crippen molar-refractivity contribution in [2.75, 3.05) is 26.2 Å². The second kappa shape index (κ2) is 4.63. The Morgan fingerprint density at radius 1 is 1.29 bits per heavy atom. The van der Waals surface area contributed by atoms with Crippen LogP contribution in [0.15, 0.2) is 0 Å². The highest BCUT2D eigenvalue weighted by atomic mass is 15.3. The van der Waals surface area contributed by atoms with Crippen LogP contribution in [0.4, 0.5) is 0 Å². The van der Waals surface area contributed by atoms with Gasteiger partial charge in [0.2, 0.25) is 0 Å². The van der Waals surface area contributed by atoms with E-state index in [1.807, 2.05) is 0 Å². The lowest BCUT2D eigenvalue weighted by molar-refractivity contribution is 0.0587. The molecule has 2 aliphatic rings. The minimum absolute atomic E-state index is 0.788. The molecular weight excluding hydrogens is 172 g/mol. The number of hydrogen-bond acceptors (Lipinski definition) is 2. The molecule has 2 saturated heterocycles. The SMILES string of the molecule is CCCCN1CC2CCCN2CC1C. The normalized spacial score (nSPS) is 34.7. The maximum Gasteiger partial charge on any atom is 0.0224 e. The Kier molecular flexibility index (Phi) is 3.45. The highest BCUT2D eigenvalue weighted by molar-refractivity contribution is 4.90. The summed E-state index contributed by atoms with van der Waals surface area (Å²) in [5.74, 6) is 0. The fourth-order valence-electron chi connectivity index (χ4n) is 2.92. The average molecular weight is 196 g/mol. The minimum atomic E-state index is 0.788. The van der Waals surface area contributed by atoms with Crippen LogP contribution in [0.5, 0.6) is 0 Å². The molecule has 0 saturated carbocycles. The second-order valence-electron chi connectivity index (χ2n) is 4.99. The quantitative estimate of drug-likeness (QED) is 0.681. The summed E-state index contributed by atoms with van der Waals surface area (Å²) >= 11 is 0. The van der Waals surface area contributed by atoms with Crippen LogP contribution in [0.25, 0.3) is 0 Å². The molecule has 0 bridgehead atoms. The number of hydrogen-bond donors (Lipinski definition) is 0. The first kappa shape index (κ1) is 10.4. The third-order valence-electron chi connectivity index (χ3n) is 3.87. The summed E-state index contributed by atoms with van der Waals surface area (Å²) in [6.45, 7) is 10.0. The van der Waals surface area contributed by atoms with Crippen molar-refractivity contribution in [3.05, 3.63) is 0 Å². The maximum atomic E-state index is 2.70. The van der Waals surface area contributed by atoms with Gasteiger partial charge in [-0.25, -0.2) is 0 Å². The summed E-state index contributed by atoms with van der Waals surface area (Å²) in [6, 6.07) is 1.68. The van der Waals surface area contributed by atoms with Crippen LogP contribution in [0, 0.1) is 0 Å². The molecule has 2 fully saturated rings. The Morgan fingerprint density at radius 2 is 2.14 bits per heavy atom. The van der Waals surface area contributed by atoms with E-state index in [9.17, 15) is 0 Å². The molecule has 2 aliphatic heterocycles. The zero-order chi connectivity index (χ0) is 9.97. The zero-order valence-electron chi connectivity index (χ0n) is 9.71. The Bertz CT molecular complexity index is 181. The Hall–Kier alpha value is -0.0800. The van der Waals surface area contributed by atoms with E-state index in [4.69, 9.17) is 0 Å². The molecule has 14 heavy (non-hydrogen) atoms. The first-order valence-corrected chi connectivity index (χ1v) is 6.29. The zero-order valence-corrected chi connectivity index (χ0v) is 9.71. The van der Waals surface area contributed by atoms with E-state index in [0.717, 1.165) is 12.1 Å². The van der Waals surface area contributed by atoms with E-state index in [0.29, 0.717) is 0 Å². The van der Waals surface area contributed by atoms with Gasteiger partial charge in [-0.2, -0.15) is 0 Å². The van der Waals surface area contributed by atoms with Gasteiger partial charge in [0.1, 0.15) is 0 Å². The van der Waals surface area contributed by atoms with Crippen molar-refractivity contribution in [1.82, 2.24) is 9.80 Å². The molecule has 2 rings (SSSR count). The summed E-state index contributed by atoms with van der Waals surface area (Å²) in [4.78, 5) is 5.41. The van der Waals surface area contributed by atoms with E-state index in [1.165, 1.54) is 51.9 Å². The van der Waals surface area contributed by atoms with Gasteiger partial charge in [0.15, 0.2) is 0 Å². The molecule has 2 nitrogen and oxygen atoms in total. The number of unbranched alkanes of at least 4 members (excludes halogenated alkanes) is 1. The fraction of sp³-hybridized carbons (Fsp3) is 1.00. The van der Waals surface area contributed by atoms with Gasteiger partial charge in [-0.05, 0) is 39.3 Å². The van der Waals surface area contributed by atoms with Crippen molar-refractivity contribution in [1.29, 1.82) is 0 Å². The monoisotopic (exact) mass is 196 g/mol. The summed E-state index contributed by atoms with van der Waals surface area (Å²) < 4.78 is 0. The smallest absolute Gasteiger partial charge is 0.0224 e. The number of piperazine rings is 1. The molecule has 2 heteroatoms. The van der Waals surface area contributed by atoms with E-state index in [1.54, 1.807) is 0 Å². The fourth-order valence-corrected chi connectivity index (χ4v) is 2.92. The molecular formula is C12H24N2. The standard InChI is InChI=1S/C12H24N2/c1-3-4-7-13-10-12-6-5-8-14(12)9-11(13)2/h11-12H,3-10H2,1-2H3. The molecule has 0 aromatic rings. The van der Waals surface area contributed by atoms with E-state index in [-0.39, 0.29) is 0 Å². The third kappa shape index (κ3) is 2.12. The Balaban J connectivity index is 1.86. The van der Waals surface area contributed by atoms with Gasteiger partial charge >= 0.3 is 0 Å². The van der Waals surface area contributed by atoms with E-state index >= 15 is 0 Å². The lowest BCUT2D eigenvalue weighted by atomic mass is 10.1. The van der Waals surface area contributed by atoms with Crippen LogP contribution in [0.2, 0.25) is 0 Å². The maximum absolute atomic E-state index is 2.70. The van der Waals surface area contributed by atoms with Crippen LogP contribution in [0.1, 0.15) is 39.5 Å². The lowest BCUT2D eigenvalue weighted by Crippen LogP contribution is -2.54. The molecule has 0 N–H and O–H groups in total. The minimum Gasteiger partial charge on any atom is -0.298 e. The molecule has 0 aromatic heterocycles. The second-order valence-corrected chi connectivity index (χ2v) is 4.99. The molecule has 0 amide bonds. The van der Waals surface area contributed by atoms with Crippen LogP contribution in [0.3, 0.4) is 0 Å². The predicted octanol–water partition coefficient (Wildman–Crippen LogP) is 1.95. The summed E-state index contributed by atoms with van der Waals surface area (Å²) in [6.07, 6.45) is 5.57. The van der Waals surface area contributed by atoms with Gasteiger partial charge in [0.25, 0.3) is 0 Å². The topological polar surface area (TPSA) is 6.48 Å². The molecule has 2 unspecified atom stereocenters. The molecule has 0 aliphatic carbocycles. The first-order chi connectivity index (χ1) is 6.81. The highest BCUT2D eigenvalue weighted by Crippen LogP contribution is 2.24. The van der Waals surface area contributed by atoms with Crippen LogP contribution in [-0.2, 0) is 0 Å². The Morgan fingerprint density at radius 3 is 2.93 bits per heavy atom. The molecule has 2 atom stereocenters. The number of fused-ring (bicyclic) bond motifs is 1. The predicted molar refractivity (Wildman–Crippen MR) is 60.5 cm³/mol. The van der Waals surface area contributed by atoms with Crippen molar-refractivity contribution in [2.45, 2.75) is 51.6 Å². The first-order valence-electron chi connectivity index (χ1n) is 6.29. The van der Waals surface area contributed by atoms with Gasteiger partial charge in [-0.15, -0.1) is 0 Å². The largest absolute Gasteiger partial charge is 0.298 e. The summed E-state index contributed by atoms with van der Waals surface area (Å²) in [5, 5.41) is 0. The number of nitrogens with zero attached hydrogens (tertiary/aromatic N) is 2. The molecule has 0 spiro atoms. The molecule has 0 radical (unpaired) electrons. The van der Waals surface area contributed by atoms with Crippen molar-refractivity contribution in [2.24, 2.45) is 0 Å². The van der Waals surface area contributed by atoms with Gasteiger partial charge in [0, 0.05) is 25.2 Å². The van der Waals surface area contributed by atoms with Crippen molar-refractivity contribution in [3.8, 4) is 0 Å². The lowest BCUT2D eigenvalue weighted by Gasteiger charge is -2.42. The van der Waals surface area contributed by atoms with Crippen LogP contribution >= 0.6 is 0 Å². The van der Waals surface area contributed by atoms with Crippen LogP contribution < -0.4 is 0 Å². The molecule has 0 aromatic carbocycles. The van der Waals surface area contributed by atoms with Gasteiger partial charge < -0.3 is 0 Å². The Labute approximate surface area is 88.3 Å². The average Bonchev–Trinajstić information content (AvgIpc) is 2.61. The highest BCUT2D eigenvalue weighted by Gasteiger charge is 2.33. The summed E-state index contributed by atoms with van der Waals surface area (Å²) in [7, 11) is 0. The van der Waals surface area contributed by atoms with E-state index in [2.05, 4.69) is 23.6 Å². The number of rotatable bonds is 3. The van der Waals surface area contributed by atoms with Crippen LogP contribution in [-0.4, -0.2) is 48.1 Å². The van der Waals surface area contributed by atoms with Gasteiger partial charge in [0.05, 0.1) is 0 Å². The van der Waals surface area contributed by atoms with Gasteiger partial charge in [-0.3, -0.25) is 9.80 Å². The molecule has 82 valence electrons. The third-order valence-corrected chi connectivity index (χ3v) is 3.87. The van der Waals surface area contributed by atoms with Crippen molar-refractivity contribution >= 4 is 0 Å². The van der Waals surface area contributed by atoms with Crippen molar-refractivity contribution in [3.63, 3.8) is 0 Å².